The highest BCUT2D eigenvalue weighted by molar-refractivity contribution is 8.01. The van der Waals surface area contributed by atoms with Gasteiger partial charge in [-0.1, -0.05) is 67.2 Å². The molecule has 3 aromatic carbocycles. The normalized spacial score (nSPS) is 22.0. The molecule has 1 aliphatic rings. The Morgan fingerprint density at radius 2 is 1.86 bits per heavy atom. The number of para-hydroxylation sites is 1. The summed E-state index contributed by atoms with van der Waals surface area (Å²) in [6.45, 7) is 3.64. The van der Waals surface area contributed by atoms with Crippen LogP contribution in [0.15, 0.2) is 77.1 Å². The fourth-order valence-corrected chi connectivity index (χ4v) is 6.60. The minimum Gasteiger partial charge on any atom is -0.392 e. The van der Waals surface area contributed by atoms with E-state index in [1.54, 1.807) is 23.1 Å². The lowest BCUT2D eigenvalue weighted by Crippen LogP contribution is -2.38. The van der Waals surface area contributed by atoms with Crippen molar-refractivity contribution in [3.63, 3.8) is 0 Å². The van der Waals surface area contributed by atoms with Gasteiger partial charge in [0.1, 0.15) is 0 Å². The van der Waals surface area contributed by atoms with Crippen LogP contribution in [0.1, 0.15) is 42.9 Å². The molecule has 2 N–H and O–H groups in total. The van der Waals surface area contributed by atoms with Gasteiger partial charge in [0.25, 0.3) is 0 Å². The summed E-state index contributed by atoms with van der Waals surface area (Å²) < 4.78 is 15.2. The summed E-state index contributed by atoms with van der Waals surface area (Å²) in [4.78, 5) is 16.3. The van der Waals surface area contributed by atoms with Gasteiger partial charge in [0.05, 0.1) is 29.0 Å². The maximum Gasteiger partial charge on any atom is 0.221 e. The van der Waals surface area contributed by atoms with Crippen molar-refractivity contribution in [3.05, 3.63) is 89.5 Å². The van der Waals surface area contributed by atoms with E-state index in [1.165, 1.54) is 11.6 Å². The summed E-state index contributed by atoms with van der Waals surface area (Å²) in [6, 6.07) is 23.6. The second-order valence-corrected chi connectivity index (χ2v) is 11.2. The molecule has 1 fully saturated rings. The summed E-state index contributed by atoms with van der Waals surface area (Å²) in [6.07, 6.45) is -0.868. The topological polar surface area (TPSA) is 80.7 Å². The number of anilines is 1. The first-order valence-electron chi connectivity index (χ1n) is 11.9. The number of hydrogen-bond acceptors (Lipinski definition) is 7. The Morgan fingerprint density at radius 1 is 1.06 bits per heavy atom. The number of hydrogen-bond donors (Lipinski definition) is 2. The number of amides is 1. The zero-order chi connectivity index (χ0) is 25.1. The molecule has 4 aromatic rings. The summed E-state index contributed by atoms with van der Waals surface area (Å²) in [7, 11) is 0. The van der Waals surface area contributed by atoms with E-state index in [0.717, 1.165) is 32.3 Å². The van der Waals surface area contributed by atoms with E-state index in [-0.39, 0.29) is 30.6 Å². The van der Waals surface area contributed by atoms with Crippen molar-refractivity contribution in [1.82, 2.24) is 4.98 Å². The minimum absolute atomic E-state index is 0.00443. The molecule has 0 saturated carbocycles. The van der Waals surface area contributed by atoms with E-state index in [2.05, 4.69) is 18.3 Å². The number of thiazole rings is 1. The van der Waals surface area contributed by atoms with Crippen molar-refractivity contribution >= 4 is 44.9 Å². The molecule has 0 spiro atoms. The van der Waals surface area contributed by atoms with Gasteiger partial charge in [-0.25, -0.2) is 4.98 Å². The fourth-order valence-electron chi connectivity index (χ4n) is 4.34. The Kier molecular flexibility index (Phi) is 7.69. The number of aliphatic hydroxyl groups excluding tert-OH is 1. The molecule has 2 heterocycles. The van der Waals surface area contributed by atoms with Gasteiger partial charge in [-0.2, -0.15) is 0 Å². The SMILES string of the molecule is CC(=O)Nc1cccc([C@H]2O[C@@H](CSc3nc4ccccc4s3)[C@@H](C)[C@@H](c3ccc(CO)cc3)O2)c1. The number of fused-ring (bicyclic) bond motifs is 1. The number of carbonyl (C=O) groups is 1. The smallest absolute Gasteiger partial charge is 0.221 e. The Bertz CT molecular complexity index is 1310. The Hall–Kier alpha value is -2.75. The van der Waals surface area contributed by atoms with Crippen molar-refractivity contribution in [2.75, 3.05) is 11.1 Å². The number of benzene rings is 3. The second kappa shape index (κ2) is 11.1. The van der Waals surface area contributed by atoms with E-state index >= 15 is 0 Å². The first-order chi connectivity index (χ1) is 17.5. The number of nitrogens with one attached hydrogen (secondary N) is 1. The van der Waals surface area contributed by atoms with Crippen LogP contribution in [0.5, 0.6) is 0 Å². The van der Waals surface area contributed by atoms with Crippen LogP contribution in [-0.2, 0) is 20.9 Å². The van der Waals surface area contributed by atoms with E-state index in [1.807, 2.05) is 66.7 Å². The number of aromatic nitrogens is 1. The maximum atomic E-state index is 11.6. The molecule has 1 saturated heterocycles. The maximum absolute atomic E-state index is 11.6. The lowest BCUT2D eigenvalue weighted by molar-refractivity contribution is -0.268. The summed E-state index contributed by atoms with van der Waals surface area (Å²) in [5.74, 6) is 0.692. The number of nitrogens with zero attached hydrogens (tertiary/aromatic N) is 1. The number of thioether (sulfide) groups is 1. The van der Waals surface area contributed by atoms with Crippen molar-refractivity contribution in [2.45, 2.75) is 43.3 Å². The van der Waals surface area contributed by atoms with Crippen LogP contribution < -0.4 is 5.32 Å². The van der Waals surface area contributed by atoms with Crippen molar-refractivity contribution in [1.29, 1.82) is 0 Å². The van der Waals surface area contributed by atoms with Gasteiger partial charge >= 0.3 is 0 Å². The van der Waals surface area contributed by atoms with Crippen LogP contribution in [-0.4, -0.2) is 27.9 Å². The number of rotatable bonds is 7. The standard InChI is InChI=1S/C28H28N2O4S2/c1-17-24(16-35-28-30-23-8-3-4-9-25(23)36-28)33-27(21-6-5-7-22(14-21)29-18(2)32)34-26(17)20-12-10-19(15-31)11-13-20/h3-14,17,24,26-27,31H,15-16H2,1-2H3,(H,29,32)/t17-,24+,26+,27+/m1/s1. The van der Waals surface area contributed by atoms with Crippen LogP contribution in [0.2, 0.25) is 0 Å². The second-order valence-electron chi connectivity index (χ2n) is 8.89. The zero-order valence-electron chi connectivity index (χ0n) is 20.1. The van der Waals surface area contributed by atoms with Gasteiger partial charge in [0.15, 0.2) is 10.6 Å². The molecule has 4 atom stereocenters. The molecule has 6 nitrogen and oxygen atoms in total. The van der Waals surface area contributed by atoms with Crippen LogP contribution in [0.3, 0.4) is 0 Å². The summed E-state index contributed by atoms with van der Waals surface area (Å²) in [5, 5.41) is 12.3. The van der Waals surface area contributed by atoms with Gasteiger partial charge in [0, 0.05) is 29.8 Å². The van der Waals surface area contributed by atoms with E-state index < -0.39 is 6.29 Å². The average Bonchev–Trinajstić information content (AvgIpc) is 3.31. The molecule has 1 amide bonds. The predicted molar refractivity (Wildman–Crippen MR) is 144 cm³/mol. The van der Waals surface area contributed by atoms with Crippen LogP contribution in [0.4, 0.5) is 5.69 Å². The third kappa shape index (κ3) is 5.63. The van der Waals surface area contributed by atoms with Gasteiger partial charge in [-0.15, -0.1) is 11.3 Å². The molecule has 8 heteroatoms. The molecule has 186 valence electrons. The molecule has 1 aliphatic heterocycles. The fraction of sp³-hybridized carbons (Fsp3) is 0.286. The largest absolute Gasteiger partial charge is 0.392 e. The predicted octanol–water partition coefficient (Wildman–Crippen LogP) is 6.33. The van der Waals surface area contributed by atoms with Gasteiger partial charge in [0.2, 0.25) is 5.91 Å². The van der Waals surface area contributed by atoms with Gasteiger partial charge < -0.3 is 19.9 Å². The minimum atomic E-state index is -0.585. The molecule has 0 radical (unpaired) electrons. The molecule has 1 aromatic heterocycles. The Balaban J connectivity index is 1.40. The molecular formula is C28H28N2O4S2. The number of carbonyl (C=O) groups excluding carboxylic acids is 1. The van der Waals surface area contributed by atoms with Crippen molar-refractivity contribution in [2.24, 2.45) is 5.92 Å². The first kappa shape index (κ1) is 24.9. The number of ether oxygens (including phenoxy) is 2. The molecular weight excluding hydrogens is 492 g/mol. The lowest BCUT2D eigenvalue weighted by atomic mass is 9.91. The Morgan fingerprint density at radius 3 is 2.61 bits per heavy atom. The Labute approximate surface area is 218 Å². The van der Waals surface area contributed by atoms with Crippen LogP contribution in [0.25, 0.3) is 10.2 Å². The molecule has 0 unspecified atom stereocenters. The monoisotopic (exact) mass is 520 g/mol. The summed E-state index contributed by atoms with van der Waals surface area (Å²) >= 11 is 3.40. The first-order valence-corrected chi connectivity index (χ1v) is 13.7. The van der Waals surface area contributed by atoms with Gasteiger partial charge in [-0.05, 0) is 35.4 Å². The molecule has 5 rings (SSSR count). The number of aliphatic hydroxyl groups is 1. The molecule has 36 heavy (non-hydrogen) atoms. The van der Waals surface area contributed by atoms with Crippen molar-refractivity contribution < 1.29 is 19.4 Å². The van der Waals surface area contributed by atoms with E-state index in [0.29, 0.717) is 5.69 Å². The van der Waals surface area contributed by atoms with Crippen LogP contribution in [0, 0.1) is 5.92 Å². The van der Waals surface area contributed by atoms with E-state index in [9.17, 15) is 9.90 Å². The highest BCUT2D eigenvalue weighted by Crippen LogP contribution is 2.43. The molecule has 0 bridgehead atoms. The van der Waals surface area contributed by atoms with E-state index in [4.69, 9.17) is 14.5 Å². The highest BCUT2D eigenvalue weighted by Gasteiger charge is 2.38. The third-order valence-corrected chi connectivity index (χ3v) is 8.52. The lowest BCUT2D eigenvalue weighted by Gasteiger charge is -2.41. The third-order valence-electron chi connectivity index (χ3n) is 6.25. The summed E-state index contributed by atoms with van der Waals surface area (Å²) in [5.41, 5.74) is 4.47. The van der Waals surface area contributed by atoms with Crippen LogP contribution >= 0.6 is 23.1 Å². The zero-order valence-corrected chi connectivity index (χ0v) is 21.7. The quantitative estimate of drug-likeness (QED) is 0.277. The average molecular weight is 521 g/mol. The van der Waals surface area contributed by atoms with Gasteiger partial charge in [-0.3, -0.25) is 4.79 Å². The highest BCUT2D eigenvalue weighted by atomic mass is 32.2. The van der Waals surface area contributed by atoms with Crippen molar-refractivity contribution in [3.8, 4) is 0 Å². The molecule has 0 aliphatic carbocycles.